The van der Waals surface area contributed by atoms with Crippen molar-refractivity contribution in [1.29, 1.82) is 0 Å². The van der Waals surface area contributed by atoms with E-state index >= 15 is 0 Å². The van der Waals surface area contributed by atoms with Crippen molar-refractivity contribution in [2.24, 2.45) is 0 Å². The summed E-state index contributed by atoms with van der Waals surface area (Å²) in [6, 6.07) is 0. The second-order valence-electron chi connectivity index (χ2n) is 3.05. The number of rotatable bonds is 8. The Bertz CT molecular complexity index is 214. The molecule has 0 amide bonds. The zero-order chi connectivity index (χ0) is 10.1. The van der Waals surface area contributed by atoms with Gasteiger partial charge in [0.05, 0.1) is 0 Å². The van der Waals surface area contributed by atoms with Gasteiger partial charge in [0.15, 0.2) is 5.82 Å². The van der Waals surface area contributed by atoms with E-state index < -0.39 is 0 Å². The van der Waals surface area contributed by atoms with Crippen molar-refractivity contribution in [3.63, 3.8) is 0 Å². The van der Waals surface area contributed by atoms with E-state index in [1.54, 1.807) is 7.11 Å². The Balaban J connectivity index is 1.85. The minimum absolute atomic E-state index is 0.759. The molecule has 0 saturated heterocycles. The predicted octanol–water partition coefficient (Wildman–Crippen LogP) is 0.628. The molecule has 0 spiro atoms. The van der Waals surface area contributed by atoms with Crippen LogP contribution in [-0.4, -0.2) is 36.9 Å². The minimum Gasteiger partial charge on any atom is -0.385 e. The van der Waals surface area contributed by atoms with Crippen molar-refractivity contribution in [2.75, 3.05) is 26.8 Å². The first kappa shape index (κ1) is 11.1. The summed E-state index contributed by atoms with van der Waals surface area (Å²) in [5, 5.41) is 7.02. The van der Waals surface area contributed by atoms with Gasteiger partial charge in [-0.05, 0) is 19.4 Å². The summed E-state index contributed by atoms with van der Waals surface area (Å²) >= 11 is 0. The van der Waals surface area contributed by atoms with E-state index in [0.717, 1.165) is 44.8 Å². The molecular weight excluding hydrogens is 182 g/mol. The van der Waals surface area contributed by atoms with Gasteiger partial charge >= 0.3 is 0 Å². The van der Waals surface area contributed by atoms with Crippen molar-refractivity contribution < 1.29 is 9.26 Å². The second kappa shape index (κ2) is 7.46. The third-order valence-electron chi connectivity index (χ3n) is 1.88. The smallest absolute Gasteiger partial charge is 0.213 e. The van der Waals surface area contributed by atoms with Gasteiger partial charge in [0.1, 0.15) is 0 Å². The predicted molar refractivity (Wildman–Crippen MR) is 52.0 cm³/mol. The van der Waals surface area contributed by atoms with Gasteiger partial charge in [-0.25, -0.2) is 0 Å². The molecule has 0 radical (unpaired) electrons. The van der Waals surface area contributed by atoms with Gasteiger partial charge < -0.3 is 14.6 Å². The molecule has 0 saturated carbocycles. The Morgan fingerprint density at radius 2 is 2.36 bits per heavy atom. The number of unbranched alkanes of at least 4 members (excludes halogenated alkanes) is 1. The lowest BCUT2D eigenvalue weighted by molar-refractivity contribution is 0.192. The third-order valence-corrected chi connectivity index (χ3v) is 1.88. The fraction of sp³-hybridized carbons (Fsp3) is 0.778. The van der Waals surface area contributed by atoms with Gasteiger partial charge in [0.2, 0.25) is 6.39 Å². The standard InChI is InChI=1S/C9H17N3O2/c1-13-7-3-2-5-10-6-4-9-11-8-14-12-9/h8,10H,2-7H2,1H3. The maximum Gasteiger partial charge on any atom is 0.213 e. The number of nitrogens with one attached hydrogen (secondary N) is 1. The molecule has 1 heterocycles. The van der Waals surface area contributed by atoms with Crippen molar-refractivity contribution in [1.82, 2.24) is 15.5 Å². The van der Waals surface area contributed by atoms with E-state index in [1.165, 1.54) is 6.39 Å². The Morgan fingerprint density at radius 3 is 3.07 bits per heavy atom. The Kier molecular flexibility index (Phi) is 5.94. The molecule has 0 fully saturated rings. The fourth-order valence-corrected chi connectivity index (χ4v) is 1.12. The minimum atomic E-state index is 0.759. The van der Waals surface area contributed by atoms with Crippen molar-refractivity contribution in [3.8, 4) is 0 Å². The molecule has 1 aromatic rings. The summed E-state index contributed by atoms with van der Waals surface area (Å²) in [6.45, 7) is 2.75. The largest absolute Gasteiger partial charge is 0.385 e. The third kappa shape index (κ3) is 4.94. The summed E-state index contributed by atoms with van der Waals surface area (Å²) in [6.07, 6.45) is 4.42. The van der Waals surface area contributed by atoms with Crippen LogP contribution in [-0.2, 0) is 11.2 Å². The highest BCUT2D eigenvalue weighted by atomic mass is 16.5. The van der Waals surface area contributed by atoms with Crippen LogP contribution >= 0.6 is 0 Å². The highest BCUT2D eigenvalue weighted by Crippen LogP contribution is 1.89. The lowest BCUT2D eigenvalue weighted by Gasteiger charge is -2.02. The summed E-state index contributed by atoms with van der Waals surface area (Å²) in [4.78, 5) is 3.93. The van der Waals surface area contributed by atoms with Crippen LogP contribution in [0.5, 0.6) is 0 Å². The average molecular weight is 199 g/mol. The van der Waals surface area contributed by atoms with Crippen molar-refractivity contribution in [3.05, 3.63) is 12.2 Å². The SMILES string of the molecule is COCCCCNCCc1ncon1. The van der Waals surface area contributed by atoms with Gasteiger partial charge in [-0.15, -0.1) is 0 Å². The molecule has 5 heteroatoms. The Morgan fingerprint density at radius 1 is 1.43 bits per heavy atom. The van der Waals surface area contributed by atoms with E-state index in [-0.39, 0.29) is 0 Å². The summed E-state index contributed by atoms with van der Waals surface area (Å²) in [5.41, 5.74) is 0. The highest BCUT2D eigenvalue weighted by Gasteiger charge is 1.96. The first-order chi connectivity index (χ1) is 6.93. The normalized spacial score (nSPS) is 10.6. The van der Waals surface area contributed by atoms with E-state index in [1.807, 2.05) is 0 Å². The van der Waals surface area contributed by atoms with Gasteiger partial charge in [-0.1, -0.05) is 5.16 Å². The monoisotopic (exact) mass is 199 g/mol. The maximum absolute atomic E-state index is 4.95. The molecule has 1 N–H and O–H groups in total. The maximum atomic E-state index is 4.95. The van der Waals surface area contributed by atoms with Gasteiger partial charge in [-0.3, -0.25) is 0 Å². The molecular formula is C9H17N3O2. The molecule has 14 heavy (non-hydrogen) atoms. The highest BCUT2D eigenvalue weighted by molar-refractivity contribution is 4.78. The zero-order valence-corrected chi connectivity index (χ0v) is 8.53. The van der Waals surface area contributed by atoms with Crippen LogP contribution in [0.25, 0.3) is 0 Å². The zero-order valence-electron chi connectivity index (χ0n) is 8.53. The number of nitrogens with zero attached hydrogens (tertiary/aromatic N) is 2. The van der Waals surface area contributed by atoms with Crippen molar-refractivity contribution >= 4 is 0 Å². The van der Waals surface area contributed by atoms with Crippen LogP contribution in [0.3, 0.4) is 0 Å². The van der Waals surface area contributed by atoms with Crippen LogP contribution < -0.4 is 5.32 Å². The van der Waals surface area contributed by atoms with Gasteiger partial charge in [-0.2, -0.15) is 4.98 Å². The molecule has 0 atom stereocenters. The van der Waals surface area contributed by atoms with Crippen LogP contribution in [0, 0.1) is 0 Å². The fourth-order valence-electron chi connectivity index (χ4n) is 1.12. The number of aromatic nitrogens is 2. The summed E-state index contributed by atoms with van der Waals surface area (Å²) < 4.78 is 9.57. The van der Waals surface area contributed by atoms with E-state index in [4.69, 9.17) is 4.74 Å². The molecule has 0 aromatic carbocycles. The number of ether oxygens (including phenoxy) is 1. The van der Waals surface area contributed by atoms with Crippen LogP contribution in [0.2, 0.25) is 0 Å². The first-order valence-electron chi connectivity index (χ1n) is 4.88. The van der Waals surface area contributed by atoms with E-state index in [2.05, 4.69) is 20.0 Å². The van der Waals surface area contributed by atoms with Crippen LogP contribution in [0.4, 0.5) is 0 Å². The lowest BCUT2D eigenvalue weighted by Crippen LogP contribution is -2.19. The molecule has 1 aromatic heterocycles. The molecule has 1 rings (SSSR count). The van der Waals surface area contributed by atoms with Crippen molar-refractivity contribution in [2.45, 2.75) is 19.3 Å². The molecule has 0 aliphatic heterocycles. The molecule has 80 valence electrons. The second-order valence-corrected chi connectivity index (χ2v) is 3.05. The first-order valence-corrected chi connectivity index (χ1v) is 4.88. The Hall–Kier alpha value is -0.940. The lowest BCUT2D eigenvalue weighted by atomic mass is 10.3. The molecule has 5 nitrogen and oxygen atoms in total. The number of hydrogen-bond donors (Lipinski definition) is 1. The van der Waals surface area contributed by atoms with Gasteiger partial charge in [0.25, 0.3) is 0 Å². The van der Waals surface area contributed by atoms with E-state index in [0.29, 0.717) is 0 Å². The van der Waals surface area contributed by atoms with Crippen LogP contribution in [0.1, 0.15) is 18.7 Å². The Labute approximate surface area is 83.8 Å². The number of methoxy groups -OCH3 is 1. The van der Waals surface area contributed by atoms with E-state index in [9.17, 15) is 0 Å². The quantitative estimate of drug-likeness (QED) is 0.622. The van der Waals surface area contributed by atoms with Crippen LogP contribution in [0.15, 0.2) is 10.9 Å². The summed E-state index contributed by atoms with van der Waals surface area (Å²) in [7, 11) is 1.73. The average Bonchev–Trinajstić information content (AvgIpc) is 2.69. The molecule has 0 unspecified atom stereocenters. The molecule has 0 aliphatic carbocycles. The summed E-state index contributed by atoms with van der Waals surface area (Å²) in [5.74, 6) is 0.759. The number of hydrogen-bond acceptors (Lipinski definition) is 5. The topological polar surface area (TPSA) is 60.2 Å². The van der Waals surface area contributed by atoms with Gasteiger partial charge in [0, 0.05) is 26.7 Å². The molecule has 0 aliphatic rings. The molecule has 0 bridgehead atoms.